The summed E-state index contributed by atoms with van der Waals surface area (Å²) in [6, 6.07) is -0.00112. The van der Waals surface area contributed by atoms with Crippen LogP contribution in [0.15, 0.2) is 0 Å². The highest BCUT2D eigenvalue weighted by molar-refractivity contribution is 5.81. The van der Waals surface area contributed by atoms with Gasteiger partial charge in [-0.2, -0.15) is 0 Å². The Labute approximate surface area is 127 Å². The molecule has 1 N–H and O–H groups in total. The first-order chi connectivity index (χ1) is 9.66. The molecular formula is C15H29N3O3. The molecule has 1 saturated heterocycles. The van der Waals surface area contributed by atoms with Gasteiger partial charge in [-0.1, -0.05) is 6.92 Å². The molecule has 122 valence electrons. The summed E-state index contributed by atoms with van der Waals surface area (Å²) in [6.07, 6.45) is 1.89. The zero-order valence-electron chi connectivity index (χ0n) is 13.9. The van der Waals surface area contributed by atoms with E-state index in [1.807, 2.05) is 20.8 Å². The summed E-state index contributed by atoms with van der Waals surface area (Å²) in [6.45, 7) is 10.5. The number of aliphatic carboxylic acids is 1. The molecule has 0 radical (unpaired) electrons. The van der Waals surface area contributed by atoms with Gasteiger partial charge in [-0.3, -0.25) is 4.79 Å². The second kappa shape index (κ2) is 7.11. The molecule has 0 bridgehead atoms. The Balaban J connectivity index is 2.72. The second-order valence-corrected chi connectivity index (χ2v) is 6.71. The fourth-order valence-electron chi connectivity index (χ4n) is 2.70. The van der Waals surface area contributed by atoms with Crippen LogP contribution in [-0.4, -0.2) is 76.6 Å². The second-order valence-electron chi connectivity index (χ2n) is 6.71. The number of carbonyl (C=O) groups excluding carboxylic acids is 1. The maximum absolute atomic E-state index is 12.7. The van der Waals surface area contributed by atoms with E-state index in [9.17, 15) is 9.59 Å². The molecule has 0 atom stereocenters. The molecule has 0 aromatic carbocycles. The molecule has 0 spiro atoms. The van der Waals surface area contributed by atoms with Gasteiger partial charge in [0.25, 0.3) is 0 Å². The molecule has 1 aliphatic rings. The number of hydrogen-bond donors (Lipinski definition) is 1. The van der Waals surface area contributed by atoms with E-state index in [4.69, 9.17) is 5.11 Å². The minimum absolute atomic E-state index is 0.193. The van der Waals surface area contributed by atoms with Crippen LogP contribution >= 0.6 is 0 Å². The van der Waals surface area contributed by atoms with Crippen LogP contribution in [0, 0.1) is 0 Å². The van der Waals surface area contributed by atoms with E-state index in [2.05, 4.69) is 11.8 Å². The van der Waals surface area contributed by atoms with Gasteiger partial charge in [0.1, 0.15) is 6.54 Å². The predicted octanol–water partition coefficient (Wildman–Crippen LogP) is 1.71. The normalized spacial score (nSPS) is 17.6. The summed E-state index contributed by atoms with van der Waals surface area (Å²) in [4.78, 5) is 29.2. The van der Waals surface area contributed by atoms with Gasteiger partial charge < -0.3 is 19.8 Å². The van der Waals surface area contributed by atoms with Crippen molar-refractivity contribution in [2.75, 3.05) is 33.2 Å². The van der Waals surface area contributed by atoms with Crippen LogP contribution in [0.25, 0.3) is 0 Å². The van der Waals surface area contributed by atoms with Gasteiger partial charge in [-0.25, -0.2) is 4.79 Å². The highest BCUT2D eigenvalue weighted by Crippen LogP contribution is 2.20. The lowest BCUT2D eigenvalue weighted by molar-refractivity contribution is -0.138. The van der Waals surface area contributed by atoms with Crippen molar-refractivity contribution in [1.82, 2.24) is 14.7 Å². The highest BCUT2D eigenvalue weighted by atomic mass is 16.4. The maximum Gasteiger partial charge on any atom is 0.323 e. The summed E-state index contributed by atoms with van der Waals surface area (Å²) in [5.41, 5.74) is -0.506. The number of carboxylic acid groups (broad SMARTS) is 1. The number of piperidine rings is 1. The average molecular weight is 299 g/mol. The van der Waals surface area contributed by atoms with Gasteiger partial charge in [0, 0.05) is 31.7 Å². The number of rotatable bonds is 4. The van der Waals surface area contributed by atoms with Gasteiger partial charge in [-0.15, -0.1) is 0 Å². The van der Waals surface area contributed by atoms with E-state index < -0.39 is 11.5 Å². The van der Waals surface area contributed by atoms with Gasteiger partial charge in [0.2, 0.25) is 0 Å². The van der Waals surface area contributed by atoms with Gasteiger partial charge in [0.15, 0.2) is 0 Å². The van der Waals surface area contributed by atoms with Gasteiger partial charge in [-0.05, 0) is 40.2 Å². The third-order valence-corrected chi connectivity index (χ3v) is 4.19. The van der Waals surface area contributed by atoms with Crippen LogP contribution in [0.2, 0.25) is 0 Å². The minimum atomic E-state index is -0.979. The number of likely N-dealkylation sites (tertiary alicyclic amines) is 1. The molecule has 6 nitrogen and oxygen atoms in total. The highest BCUT2D eigenvalue weighted by Gasteiger charge is 2.33. The molecule has 1 rings (SSSR count). The Morgan fingerprint density at radius 3 is 2.14 bits per heavy atom. The van der Waals surface area contributed by atoms with Crippen molar-refractivity contribution >= 4 is 12.0 Å². The first-order valence-electron chi connectivity index (χ1n) is 7.65. The lowest BCUT2D eigenvalue weighted by atomic mass is 10.0. The largest absolute Gasteiger partial charge is 0.480 e. The summed E-state index contributed by atoms with van der Waals surface area (Å²) in [7, 11) is 1.79. The molecule has 6 heteroatoms. The van der Waals surface area contributed by atoms with Crippen molar-refractivity contribution in [1.29, 1.82) is 0 Å². The summed E-state index contributed by atoms with van der Waals surface area (Å²) < 4.78 is 0. The van der Waals surface area contributed by atoms with Crippen LogP contribution in [0.3, 0.4) is 0 Å². The summed E-state index contributed by atoms with van der Waals surface area (Å²) >= 11 is 0. The van der Waals surface area contributed by atoms with Crippen LogP contribution < -0.4 is 0 Å². The monoisotopic (exact) mass is 299 g/mol. The van der Waals surface area contributed by atoms with Crippen LogP contribution in [0.5, 0.6) is 0 Å². The molecule has 2 amide bonds. The molecule has 0 saturated carbocycles. The first kappa shape index (κ1) is 17.8. The Morgan fingerprint density at radius 2 is 1.76 bits per heavy atom. The number of urea groups is 1. The Bertz CT molecular complexity index is 371. The average Bonchev–Trinajstić information content (AvgIpc) is 2.42. The van der Waals surface area contributed by atoms with Crippen molar-refractivity contribution < 1.29 is 14.7 Å². The van der Waals surface area contributed by atoms with E-state index in [-0.39, 0.29) is 18.6 Å². The quantitative estimate of drug-likeness (QED) is 0.858. The van der Waals surface area contributed by atoms with Crippen molar-refractivity contribution in [3.8, 4) is 0 Å². The molecular weight excluding hydrogens is 270 g/mol. The van der Waals surface area contributed by atoms with Gasteiger partial charge in [0.05, 0.1) is 0 Å². The molecule has 21 heavy (non-hydrogen) atoms. The van der Waals surface area contributed by atoms with E-state index in [0.717, 1.165) is 32.5 Å². The fourth-order valence-corrected chi connectivity index (χ4v) is 2.70. The van der Waals surface area contributed by atoms with Crippen molar-refractivity contribution in [2.45, 2.75) is 52.1 Å². The standard InChI is InChI=1S/C15H29N3O3/c1-6-17-9-7-12(8-10-17)16(5)14(21)18(11-13(19)20)15(2,3)4/h12H,6-11H2,1-5H3,(H,19,20). The first-order valence-corrected chi connectivity index (χ1v) is 7.65. The van der Waals surface area contributed by atoms with E-state index in [0.29, 0.717) is 0 Å². The number of amides is 2. The van der Waals surface area contributed by atoms with E-state index in [1.54, 1.807) is 11.9 Å². The molecule has 1 heterocycles. The zero-order valence-corrected chi connectivity index (χ0v) is 13.9. The Kier molecular flexibility index (Phi) is 6.01. The zero-order chi connectivity index (χ0) is 16.2. The predicted molar refractivity (Wildman–Crippen MR) is 82.4 cm³/mol. The smallest absolute Gasteiger partial charge is 0.323 e. The van der Waals surface area contributed by atoms with Crippen molar-refractivity contribution in [3.63, 3.8) is 0 Å². The van der Waals surface area contributed by atoms with Crippen LogP contribution in [0.1, 0.15) is 40.5 Å². The lowest BCUT2D eigenvalue weighted by Gasteiger charge is -2.42. The van der Waals surface area contributed by atoms with E-state index in [1.165, 1.54) is 4.90 Å². The molecule has 0 aromatic heterocycles. The van der Waals surface area contributed by atoms with Crippen LogP contribution in [0.4, 0.5) is 4.79 Å². The minimum Gasteiger partial charge on any atom is -0.480 e. The lowest BCUT2D eigenvalue weighted by Crippen LogP contribution is -2.56. The molecule has 0 unspecified atom stereocenters. The Hall–Kier alpha value is -1.30. The molecule has 1 aliphatic heterocycles. The maximum atomic E-state index is 12.7. The van der Waals surface area contributed by atoms with Gasteiger partial charge >= 0.3 is 12.0 Å². The topological polar surface area (TPSA) is 64.1 Å². The van der Waals surface area contributed by atoms with Crippen LogP contribution in [-0.2, 0) is 4.79 Å². The number of hydrogen-bond acceptors (Lipinski definition) is 3. The number of nitrogens with zero attached hydrogens (tertiary/aromatic N) is 3. The SMILES string of the molecule is CCN1CCC(N(C)C(=O)N(CC(=O)O)C(C)(C)C)CC1. The van der Waals surface area contributed by atoms with E-state index >= 15 is 0 Å². The number of carbonyl (C=O) groups is 2. The Morgan fingerprint density at radius 1 is 1.24 bits per heavy atom. The summed E-state index contributed by atoms with van der Waals surface area (Å²) in [5.74, 6) is -0.979. The molecule has 1 fully saturated rings. The fraction of sp³-hybridized carbons (Fsp3) is 0.867. The number of carboxylic acids is 1. The third kappa shape index (κ3) is 4.88. The van der Waals surface area contributed by atoms with Crippen molar-refractivity contribution in [3.05, 3.63) is 0 Å². The molecule has 0 aliphatic carbocycles. The summed E-state index contributed by atoms with van der Waals surface area (Å²) in [5, 5.41) is 9.04. The van der Waals surface area contributed by atoms with Crippen molar-refractivity contribution in [2.24, 2.45) is 0 Å². The molecule has 0 aromatic rings. The third-order valence-electron chi connectivity index (χ3n) is 4.19.